The molecule has 3 heterocycles. The zero-order valence-corrected chi connectivity index (χ0v) is 13.7. The molecule has 0 aliphatic heterocycles. The lowest BCUT2D eigenvalue weighted by Crippen LogP contribution is -1.94. The second-order valence-electron chi connectivity index (χ2n) is 5.22. The van der Waals surface area contributed by atoms with E-state index in [0.717, 1.165) is 27.2 Å². The number of anilines is 2. The second kappa shape index (κ2) is 6.21. The molecule has 4 aromatic rings. The van der Waals surface area contributed by atoms with E-state index in [9.17, 15) is 0 Å². The van der Waals surface area contributed by atoms with Gasteiger partial charge in [0.2, 0.25) is 0 Å². The van der Waals surface area contributed by atoms with Gasteiger partial charge in [-0.15, -0.1) is 0 Å². The first kappa shape index (κ1) is 14.5. The van der Waals surface area contributed by atoms with Crippen molar-refractivity contribution >= 4 is 22.3 Å². The lowest BCUT2D eigenvalue weighted by molar-refractivity contribution is 0.895. The van der Waals surface area contributed by atoms with Gasteiger partial charge in [0.1, 0.15) is 29.2 Å². The van der Waals surface area contributed by atoms with Crippen molar-refractivity contribution in [2.75, 3.05) is 5.32 Å². The highest BCUT2D eigenvalue weighted by Crippen LogP contribution is 2.34. The number of aryl methyl sites for hydroxylation is 1. The zero-order chi connectivity index (χ0) is 16.4. The van der Waals surface area contributed by atoms with Crippen molar-refractivity contribution in [3.8, 4) is 16.3 Å². The summed E-state index contributed by atoms with van der Waals surface area (Å²) in [5, 5.41) is 9.16. The van der Waals surface area contributed by atoms with Crippen molar-refractivity contribution in [2.24, 2.45) is 0 Å². The SMILES string of the molecule is Cc1ccc(-c2nc(Nc3ccccn3)sc2-n2cncn2)cc1. The van der Waals surface area contributed by atoms with Crippen LogP contribution in [0.15, 0.2) is 61.3 Å². The third kappa shape index (κ3) is 2.89. The number of benzene rings is 1. The molecular weight excluding hydrogens is 320 g/mol. The predicted octanol–water partition coefficient (Wildman–Crippen LogP) is 3.84. The summed E-state index contributed by atoms with van der Waals surface area (Å²) in [5.74, 6) is 0.756. The smallest absolute Gasteiger partial charge is 0.190 e. The first-order valence-corrected chi connectivity index (χ1v) is 8.22. The monoisotopic (exact) mass is 334 g/mol. The zero-order valence-electron chi connectivity index (χ0n) is 12.9. The molecule has 0 saturated carbocycles. The van der Waals surface area contributed by atoms with Crippen LogP contribution in [0.1, 0.15) is 5.56 Å². The summed E-state index contributed by atoms with van der Waals surface area (Å²) in [7, 11) is 0. The van der Waals surface area contributed by atoms with E-state index in [0.29, 0.717) is 0 Å². The van der Waals surface area contributed by atoms with Crippen molar-refractivity contribution in [2.45, 2.75) is 6.92 Å². The minimum absolute atomic E-state index is 0.756. The Morgan fingerprint density at radius 3 is 2.67 bits per heavy atom. The Morgan fingerprint density at radius 1 is 1.08 bits per heavy atom. The molecule has 6 nitrogen and oxygen atoms in total. The second-order valence-corrected chi connectivity index (χ2v) is 6.20. The normalized spacial score (nSPS) is 10.7. The van der Waals surface area contributed by atoms with E-state index in [1.807, 2.05) is 18.2 Å². The number of nitrogens with zero attached hydrogens (tertiary/aromatic N) is 5. The van der Waals surface area contributed by atoms with E-state index in [1.165, 1.54) is 23.2 Å². The van der Waals surface area contributed by atoms with Gasteiger partial charge in [0.15, 0.2) is 5.13 Å². The number of hydrogen-bond acceptors (Lipinski definition) is 6. The number of thiazole rings is 1. The third-order valence-corrected chi connectivity index (χ3v) is 4.42. The first-order chi connectivity index (χ1) is 11.8. The van der Waals surface area contributed by atoms with Gasteiger partial charge in [-0.2, -0.15) is 5.10 Å². The molecule has 0 aliphatic carbocycles. The number of nitrogens with one attached hydrogen (secondary N) is 1. The van der Waals surface area contributed by atoms with Gasteiger partial charge < -0.3 is 5.32 Å². The minimum atomic E-state index is 0.756. The van der Waals surface area contributed by atoms with Gasteiger partial charge in [0.25, 0.3) is 0 Å². The largest absolute Gasteiger partial charge is 0.316 e. The topological polar surface area (TPSA) is 68.5 Å². The highest BCUT2D eigenvalue weighted by Gasteiger charge is 2.16. The summed E-state index contributed by atoms with van der Waals surface area (Å²) in [6.07, 6.45) is 4.94. The molecule has 0 saturated heterocycles. The lowest BCUT2D eigenvalue weighted by Gasteiger charge is -2.02. The van der Waals surface area contributed by atoms with Crippen LogP contribution in [-0.2, 0) is 0 Å². The first-order valence-electron chi connectivity index (χ1n) is 7.40. The quantitative estimate of drug-likeness (QED) is 0.614. The van der Waals surface area contributed by atoms with Gasteiger partial charge >= 0.3 is 0 Å². The van der Waals surface area contributed by atoms with Crippen LogP contribution >= 0.6 is 11.3 Å². The summed E-state index contributed by atoms with van der Waals surface area (Å²) in [6.45, 7) is 2.07. The Balaban J connectivity index is 1.77. The summed E-state index contributed by atoms with van der Waals surface area (Å²) in [4.78, 5) is 13.1. The van der Waals surface area contributed by atoms with E-state index >= 15 is 0 Å². The molecule has 0 spiro atoms. The molecule has 0 fully saturated rings. The molecular formula is C17H14N6S. The molecule has 118 valence electrons. The maximum Gasteiger partial charge on any atom is 0.190 e. The van der Waals surface area contributed by atoms with E-state index in [-0.39, 0.29) is 0 Å². The maximum atomic E-state index is 4.74. The number of aromatic nitrogens is 5. The standard InChI is InChI=1S/C17H14N6S/c1-12-5-7-13(8-6-12)15-16(23-11-18-10-20-23)24-17(22-15)21-14-4-2-3-9-19-14/h2-11H,1H3,(H,19,21,22). The van der Waals surface area contributed by atoms with Crippen LogP contribution in [0.5, 0.6) is 0 Å². The van der Waals surface area contributed by atoms with Gasteiger partial charge in [-0.1, -0.05) is 47.2 Å². The maximum absolute atomic E-state index is 4.74. The molecule has 0 aliphatic rings. The van der Waals surface area contributed by atoms with Crippen molar-refractivity contribution in [3.05, 3.63) is 66.9 Å². The molecule has 24 heavy (non-hydrogen) atoms. The van der Waals surface area contributed by atoms with Gasteiger partial charge in [0, 0.05) is 11.8 Å². The average molecular weight is 334 g/mol. The average Bonchev–Trinajstić information content (AvgIpc) is 3.26. The fraction of sp³-hybridized carbons (Fsp3) is 0.0588. The predicted molar refractivity (Wildman–Crippen MR) is 94.7 cm³/mol. The van der Waals surface area contributed by atoms with Crippen LogP contribution in [0, 0.1) is 6.92 Å². The molecule has 1 N–H and O–H groups in total. The molecule has 0 unspecified atom stereocenters. The summed E-state index contributed by atoms with van der Waals surface area (Å²) >= 11 is 1.51. The van der Waals surface area contributed by atoms with Gasteiger partial charge in [0.05, 0.1) is 0 Å². The van der Waals surface area contributed by atoms with Crippen molar-refractivity contribution in [1.29, 1.82) is 0 Å². The molecule has 3 aromatic heterocycles. The van der Waals surface area contributed by atoms with E-state index in [4.69, 9.17) is 4.98 Å². The minimum Gasteiger partial charge on any atom is -0.316 e. The lowest BCUT2D eigenvalue weighted by atomic mass is 10.1. The highest BCUT2D eigenvalue weighted by molar-refractivity contribution is 7.18. The van der Waals surface area contributed by atoms with Crippen molar-refractivity contribution < 1.29 is 0 Å². The molecule has 0 amide bonds. The van der Waals surface area contributed by atoms with Crippen LogP contribution in [0.25, 0.3) is 16.3 Å². The third-order valence-electron chi connectivity index (χ3n) is 3.46. The van der Waals surface area contributed by atoms with E-state index in [1.54, 1.807) is 17.2 Å². The Kier molecular flexibility index (Phi) is 3.76. The van der Waals surface area contributed by atoms with E-state index in [2.05, 4.69) is 51.6 Å². The number of rotatable bonds is 4. The Morgan fingerprint density at radius 2 is 1.96 bits per heavy atom. The van der Waals surface area contributed by atoms with Crippen LogP contribution in [0.2, 0.25) is 0 Å². The van der Waals surface area contributed by atoms with Crippen LogP contribution in [0.3, 0.4) is 0 Å². The van der Waals surface area contributed by atoms with Crippen LogP contribution in [0.4, 0.5) is 10.9 Å². The number of hydrogen-bond donors (Lipinski definition) is 1. The summed E-state index contributed by atoms with van der Waals surface area (Å²) in [5.41, 5.74) is 3.11. The van der Waals surface area contributed by atoms with E-state index < -0.39 is 0 Å². The van der Waals surface area contributed by atoms with Gasteiger partial charge in [-0.05, 0) is 19.1 Å². The van der Waals surface area contributed by atoms with Crippen molar-refractivity contribution in [3.63, 3.8) is 0 Å². The van der Waals surface area contributed by atoms with Crippen LogP contribution < -0.4 is 5.32 Å². The molecule has 4 rings (SSSR count). The molecule has 7 heteroatoms. The fourth-order valence-corrected chi connectivity index (χ4v) is 3.20. The Labute approximate surface area is 142 Å². The molecule has 0 radical (unpaired) electrons. The highest BCUT2D eigenvalue weighted by atomic mass is 32.1. The number of pyridine rings is 1. The fourth-order valence-electron chi connectivity index (χ4n) is 2.28. The Hall–Kier alpha value is -3.06. The summed E-state index contributed by atoms with van der Waals surface area (Å²) in [6, 6.07) is 14.0. The van der Waals surface area contributed by atoms with Crippen molar-refractivity contribution in [1.82, 2.24) is 24.7 Å². The summed E-state index contributed by atoms with van der Waals surface area (Å²) < 4.78 is 1.73. The molecule has 1 aromatic carbocycles. The van der Waals surface area contributed by atoms with Gasteiger partial charge in [-0.3, -0.25) is 0 Å². The Bertz CT molecular complexity index is 929. The molecule has 0 bridgehead atoms. The van der Waals surface area contributed by atoms with Crippen LogP contribution in [-0.4, -0.2) is 24.7 Å². The van der Waals surface area contributed by atoms with Gasteiger partial charge in [-0.25, -0.2) is 19.6 Å². The molecule has 0 atom stereocenters.